The number of nitrogen functional groups attached to an aromatic ring is 1. The third kappa shape index (κ3) is 4.34. The van der Waals surface area contributed by atoms with Crippen molar-refractivity contribution in [3.63, 3.8) is 0 Å². The Hall–Kier alpha value is -2.50. The average Bonchev–Trinajstić information content (AvgIpc) is 2.91. The fourth-order valence-corrected chi connectivity index (χ4v) is 1.52. The molecule has 0 bridgehead atoms. The van der Waals surface area contributed by atoms with Crippen LogP contribution in [0.5, 0.6) is 5.75 Å². The normalized spacial score (nSPS) is 10.1. The molecule has 6 heteroatoms. The van der Waals surface area contributed by atoms with Gasteiger partial charge in [0.2, 0.25) is 0 Å². The maximum absolute atomic E-state index is 11.5. The van der Waals surface area contributed by atoms with E-state index in [-0.39, 0.29) is 12.5 Å². The fourth-order valence-electron chi connectivity index (χ4n) is 1.52. The molecule has 2 rings (SSSR count). The van der Waals surface area contributed by atoms with Crippen molar-refractivity contribution in [2.45, 2.75) is 6.42 Å². The molecule has 0 atom stereocenters. The summed E-state index contributed by atoms with van der Waals surface area (Å²) < 4.78 is 5.32. The molecule has 1 aromatic carbocycles. The van der Waals surface area contributed by atoms with E-state index in [4.69, 9.17) is 10.5 Å². The van der Waals surface area contributed by atoms with Crippen LogP contribution >= 0.6 is 0 Å². The molecule has 19 heavy (non-hydrogen) atoms. The molecule has 0 unspecified atom stereocenters. The summed E-state index contributed by atoms with van der Waals surface area (Å²) in [4.78, 5) is 18.6. The van der Waals surface area contributed by atoms with Crippen LogP contribution in [0.4, 0.5) is 5.69 Å². The minimum atomic E-state index is -0.164. The number of aromatic nitrogens is 2. The van der Waals surface area contributed by atoms with Gasteiger partial charge in [-0.25, -0.2) is 4.98 Å². The van der Waals surface area contributed by atoms with Crippen LogP contribution in [0.15, 0.2) is 36.7 Å². The predicted octanol–water partition coefficient (Wildman–Crippen LogP) is 0.730. The van der Waals surface area contributed by atoms with Gasteiger partial charge in [-0.2, -0.15) is 0 Å². The number of carbonyl (C=O) groups excluding carboxylic acids is 1. The third-order valence-electron chi connectivity index (χ3n) is 2.49. The maximum Gasteiger partial charge on any atom is 0.257 e. The van der Waals surface area contributed by atoms with Gasteiger partial charge < -0.3 is 20.8 Å². The van der Waals surface area contributed by atoms with Crippen LogP contribution in [0.2, 0.25) is 0 Å². The lowest BCUT2D eigenvalue weighted by Gasteiger charge is -2.07. The van der Waals surface area contributed by atoms with Crippen LogP contribution in [0.25, 0.3) is 0 Å². The zero-order valence-electron chi connectivity index (χ0n) is 10.4. The van der Waals surface area contributed by atoms with Gasteiger partial charge in [0.1, 0.15) is 11.6 Å². The Labute approximate surface area is 111 Å². The first-order chi connectivity index (χ1) is 9.24. The van der Waals surface area contributed by atoms with Crippen LogP contribution in [0.1, 0.15) is 5.82 Å². The first-order valence-corrected chi connectivity index (χ1v) is 5.97. The van der Waals surface area contributed by atoms with Crippen molar-refractivity contribution in [2.24, 2.45) is 0 Å². The van der Waals surface area contributed by atoms with Crippen LogP contribution in [0.3, 0.4) is 0 Å². The van der Waals surface area contributed by atoms with Gasteiger partial charge >= 0.3 is 0 Å². The number of nitrogens with two attached hydrogens (primary N) is 1. The quantitative estimate of drug-likeness (QED) is 0.667. The SMILES string of the molecule is Nc1ccc(OCC(=O)NCCc2ncc[nH]2)cc1. The Morgan fingerprint density at radius 2 is 2.16 bits per heavy atom. The first kappa shape index (κ1) is 12.9. The van der Waals surface area contributed by atoms with E-state index in [0.717, 1.165) is 5.82 Å². The second kappa shape index (κ2) is 6.44. The third-order valence-corrected chi connectivity index (χ3v) is 2.49. The van der Waals surface area contributed by atoms with Gasteiger partial charge in [0.05, 0.1) is 0 Å². The molecule has 1 aromatic heterocycles. The number of amides is 1. The number of H-pyrrole nitrogens is 1. The van der Waals surface area contributed by atoms with E-state index in [9.17, 15) is 4.79 Å². The van der Waals surface area contributed by atoms with Gasteiger partial charge in [-0.3, -0.25) is 4.79 Å². The van der Waals surface area contributed by atoms with Crippen molar-refractivity contribution in [3.8, 4) is 5.75 Å². The monoisotopic (exact) mass is 260 g/mol. The Balaban J connectivity index is 1.65. The second-order valence-corrected chi connectivity index (χ2v) is 3.99. The van der Waals surface area contributed by atoms with E-state index in [2.05, 4.69) is 15.3 Å². The summed E-state index contributed by atoms with van der Waals surface area (Å²) >= 11 is 0. The highest BCUT2D eigenvalue weighted by molar-refractivity contribution is 5.77. The molecule has 0 saturated carbocycles. The van der Waals surface area contributed by atoms with Crippen molar-refractivity contribution in [3.05, 3.63) is 42.5 Å². The van der Waals surface area contributed by atoms with Gasteiger partial charge in [-0.15, -0.1) is 0 Å². The van der Waals surface area contributed by atoms with Crippen LogP contribution in [0, 0.1) is 0 Å². The number of imidazole rings is 1. The summed E-state index contributed by atoms with van der Waals surface area (Å²) in [6, 6.07) is 6.91. The Morgan fingerprint density at radius 3 is 2.84 bits per heavy atom. The molecule has 2 aromatic rings. The fraction of sp³-hybridized carbons (Fsp3) is 0.231. The number of rotatable bonds is 6. The number of nitrogens with zero attached hydrogens (tertiary/aromatic N) is 1. The number of hydrogen-bond donors (Lipinski definition) is 3. The standard InChI is InChI=1S/C13H16N4O2/c14-10-1-3-11(4-2-10)19-9-13(18)17-6-5-12-15-7-8-16-12/h1-4,7-8H,5-6,9,14H2,(H,15,16)(H,17,18). The number of nitrogens with one attached hydrogen (secondary N) is 2. The molecule has 4 N–H and O–H groups in total. The number of benzene rings is 1. The predicted molar refractivity (Wildman–Crippen MR) is 71.7 cm³/mol. The summed E-state index contributed by atoms with van der Waals surface area (Å²) in [5, 5.41) is 2.75. The molecule has 0 saturated heterocycles. The molecule has 0 aliphatic carbocycles. The number of anilines is 1. The first-order valence-electron chi connectivity index (χ1n) is 5.97. The number of aromatic amines is 1. The molecule has 6 nitrogen and oxygen atoms in total. The highest BCUT2D eigenvalue weighted by Gasteiger charge is 2.03. The molecule has 1 amide bonds. The van der Waals surface area contributed by atoms with Crippen molar-refractivity contribution >= 4 is 11.6 Å². The zero-order valence-corrected chi connectivity index (χ0v) is 10.4. The number of hydrogen-bond acceptors (Lipinski definition) is 4. The number of ether oxygens (including phenoxy) is 1. The van der Waals surface area contributed by atoms with Crippen LogP contribution in [-0.4, -0.2) is 29.0 Å². The summed E-state index contributed by atoms with van der Waals surface area (Å²) in [7, 11) is 0. The van der Waals surface area contributed by atoms with Crippen LogP contribution in [-0.2, 0) is 11.2 Å². The zero-order chi connectivity index (χ0) is 13.5. The largest absolute Gasteiger partial charge is 0.484 e. The van der Waals surface area contributed by atoms with Crippen molar-refractivity contribution in [1.29, 1.82) is 0 Å². The smallest absolute Gasteiger partial charge is 0.257 e. The Morgan fingerprint density at radius 1 is 1.37 bits per heavy atom. The molecular formula is C13H16N4O2. The van der Waals surface area contributed by atoms with Crippen molar-refractivity contribution < 1.29 is 9.53 Å². The lowest BCUT2D eigenvalue weighted by atomic mass is 10.3. The number of carbonyl (C=O) groups is 1. The maximum atomic E-state index is 11.5. The van der Waals surface area contributed by atoms with E-state index in [1.807, 2.05) is 0 Å². The Bertz CT molecular complexity index is 508. The molecule has 0 fully saturated rings. The van der Waals surface area contributed by atoms with Gasteiger partial charge in [0.15, 0.2) is 6.61 Å². The minimum Gasteiger partial charge on any atom is -0.484 e. The van der Waals surface area contributed by atoms with E-state index in [1.165, 1.54) is 0 Å². The molecule has 0 radical (unpaired) electrons. The molecule has 0 aliphatic rings. The van der Waals surface area contributed by atoms with Gasteiger partial charge in [-0.1, -0.05) is 0 Å². The second-order valence-electron chi connectivity index (χ2n) is 3.99. The highest BCUT2D eigenvalue weighted by Crippen LogP contribution is 2.12. The molecule has 100 valence electrons. The van der Waals surface area contributed by atoms with E-state index >= 15 is 0 Å². The average molecular weight is 260 g/mol. The van der Waals surface area contributed by atoms with Gasteiger partial charge in [0.25, 0.3) is 5.91 Å². The van der Waals surface area contributed by atoms with Crippen molar-refractivity contribution in [2.75, 3.05) is 18.9 Å². The Kier molecular flexibility index (Phi) is 4.39. The van der Waals surface area contributed by atoms with Crippen LogP contribution < -0.4 is 15.8 Å². The topological polar surface area (TPSA) is 93.0 Å². The minimum absolute atomic E-state index is 0.0118. The lowest BCUT2D eigenvalue weighted by Crippen LogP contribution is -2.30. The van der Waals surface area contributed by atoms with Crippen molar-refractivity contribution in [1.82, 2.24) is 15.3 Å². The van der Waals surface area contributed by atoms with Gasteiger partial charge in [0, 0.05) is 31.0 Å². The van der Waals surface area contributed by atoms with E-state index in [0.29, 0.717) is 24.4 Å². The van der Waals surface area contributed by atoms with E-state index < -0.39 is 0 Å². The van der Waals surface area contributed by atoms with Gasteiger partial charge in [-0.05, 0) is 24.3 Å². The summed E-state index contributed by atoms with van der Waals surface area (Å²) in [5.74, 6) is 1.30. The van der Waals surface area contributed by atoms with E-state index in [1.54, 1.807) is 36.7 Å². The lowest BCUT2D eigenvalue weighted by molar-refractivity contribution is -0.123. The molecule has 1 heterocycles. The molecule has 0 aliphatic heterocycles. The molecule has 0 spiro atoms. The summed E-state index contributed by atoms with van der Waals surface area (Å²) in [5.41, 5.74) is 6.21. The summed E-state index contributed by atoms with van der Waals surface area (Å²) in [6.07, 6.45) is 4.10. The molecular weight excluding hydrogens is 244 g/mol. The highest BCUT2D eigenvalue weighted by atomic mass is 16.5. The summed E-state index contributed by atoms with van der Waals surface area (Å²) in [6.45, 7) is 0.513.